The van der Waals surface area contributed by atoms with Crippen LogP contribution in [0.15, 0.2) is 11.1 Å². The summed E-state index contributed by atoms with van der Waals surface area (Å²) in [6, 6.07) is 0. The van der Waals surface area contributed by atoms with Gasteiger partial charge < -0.3 is 24.5 Å². The molecule has 0 aromatic carbocycles. The number of aromatic amines is 1. The van der Waals surface area contributed by atoms with Crippen LogP contribution in [0.25, 0.3) is 11.2 Å². The zero-order valence-corrected chi connectivity index (χ0v) is 26.1. The van der Waals surface area contributed by atoms with E-state index in [-0.39, 0.29) is 37.6 Å². The molecule has 10 nitrogen and oxygen atoms in total. The second kappa shape index (κ2) is 20.4. The van der Waals surface area contributed by atoms with Gasteiger partial charge in [0.15, 0.2) is 11.2 Å². The maximum absolute atomic E-state index is 12.2. The number of nitrogens with one attached hydrogen (secondary N) is 1. The van der Waals surface area contributed by atoms with Crippen molar-refractivity contribution >= 4 is 36.5 Å². The van der Waals surface area contributed by atoms with Crippen LogP contribution in [-0.4, -0.2) is 61.7 Å². The number of rotatable bonds is 25. The van der Waals surface area contributed by atoms with Crippen molar-refractivity contribution in [1.82, 2.24) is 19.5 Å². The van der Waals surface area contributed by atoms with E-state index in [1.807, 2.05) is 11.8 Å². The van der Waals surface area contributed by atoms with Crippen LogP contribution in [-0.2, 0) is 20.4 Å². The lowest BCUT2D eigenvalue weighted by molar-refractivity contribution is -0.135. The summed E-state index contributed by atoms with van der Waals surface area (Å²) in [5, 5.41) is 0. The lowest BCUT2D eigenvalue weighted by atomic mass is 10.0. The molecule has 0 saturated carbocycles. The Labute approximate surface area is 250 Å². The number of aromatic nitrogens is 4. The van der Waals surface area contributed by atoms with E-state index in [1.54, 1.807) is 4.57 Å². The van der Waals surface area contributed by atoms with Crippen molar-refractivity contribution in [3.63, 3.8) is 0 Å². The molecule has 0 amide bonds. The Bertz CT molecular complexity index is 1120. The van der Waals surface area contributed by atoms with Gasteiger partial charge in [0.25, 0.3) is 5.56 Å². The number of nitrogens with zero attached hydrogens (tertiary/aromatic N) is 3. The summed E-state index contributed by atoms with van der Waals surface area (Å²) in [4.78, 5) is 32.2. The summed E-state index contributed by atoms with van der Waals surface area (Å²) < 4.78 is 60.5. The molecular weight excluding hydrogens is 594 g/mol. The largest absolute Gasteiger partial charge is 0.389 e. The normalized spacial score (nSPS) is 13.6. The van der Waals surface area contributed by atoms with Gasteiger partial charge in [0.2, 0.25) is 5.95 Å². The molecule has 0 saturated heterocycles. The highest BCUT2D eigenvalue weighted by atomic mass is 32.2. The zero-order valence-electron chi connectivity index (χ0n) is 24.4. The molecule has 0 aliphatic heterocycles. The smallest absolute Gasteiger partial charge is 0.369 e. The second-order valence-corrected chi connectivity index (χ2v) is 13.5. The van der Waals surface area contributed by atoms with Crippen molar-refractivity contribution in [1.29, 1.82) is 0 Å². The van der Waals surface area contributed by atoms with Gasteiger partial charge in [0.05, 0.1) is 19.5 Å². The van der Waals surface area contributed by atoms with Gasteiger partial charge in [-0.25, -0.2) is 4.98 Å². The third-order valence-electron chi connectivity index (χ3n) is 6.70. The Kier molecular flexibility index (Phi) is 17.8. The molecule has 242 valence electrons. The Morgan fingerprint density at radius 1 is 0.929 bits per heavy atom. The Morgan fingerprint density at radius 3 is 2.12 bits per heavy atom. The average Bonchev–Trinajstić information content (AvgIpc) is 3.32. The molecule has 0 aliphatic carbocycles. The van der Waals surface area contributed by atoms with E-state index in [0.717, 1.165) is 37.2 Å². The number of ether oxygens (including phenoxy) is 1. The molecule has 1 atom stereocenters. The molecule has 1 unspecified atom stereocenters. The van der Waals surface area contributed by atoms with Gasteiger partial charge in [-0.15, -0.1) is 0 Å². The van der Waals surface area contributed by atoms with E-state index in [2.05, 4.69) is 15.0 Å². The molecule has 42 heavy (non-hydrogen) atoms. The lowest BCUT2D eigenvalue weighted by Crippen LogP contribution is -2.13. The van der Waals surface area contributed by atoms with Crippen LogP contribution >= 0.6 is 19.4 Å². The fraction of sp³-hybridized carbons (Fsp3) is 0.815. The van der Waals surface area contributed by atoms with Crippen LogP contribution in [0.4, 0.5) is 19.1 Å². The molecule has 0 radical (unpaired) electrons. The number of nitrogen functional groups attached to an aromatic ring is 1. The molecular formula is C27H47F3N5O5PS. The number of hydrogen-bond donors (Lipinski definition) is 3. The molecule has 2 rings (SSSR count). The Hall–Kier alpha value is -1.60. The van der Waals surface area contributed by atoms with Gasteiger partial charge in [-0.3, -0.25) is 14.3 Å². The number of imidazole rings is 1. The summed E-state index contributed by atoms with van der Waals surface area (Å²) in [5.41, 5.74) is 5.62. The number of halogens is 3. The molecule has 2 heterocycles. The summed E-state index contributed by atoms with van der Waals surface area (Å²) >= 11 is 1.83. The molecule has 2 aromatic rings. The number of anilines is 1. The van der Waals surface area contributed by atoms with Crippen molar-refractivity contribution in [2.45, 2.75) is 109 Å². The molecule has 0 fully saturated rings. The summed E-state index contributed by atoms with van der Waals surface area (Å²) in [6.45, 7) is 0.591. The first-order valence-electron chi connectivity index (χ1n) is 15.0. The average molecular weight is 642 g/mol. The Morgan fingerprint density at radius 2 is 1.50 bits per heavy atom. The highest BCUT2D eigenvalue weighted by Gasteiger charge is 2.25. The molecule has 2 aromatic heterocycles. The molecule has 4 N–H and O–H groups in total. The van der Waals surface area contributed by atoms with Crippen LogP contribution in [0.2, 0.25) is 0 Å². The highest BCUT2D eigenvalue weighted by Crippen LogP contribution is 2.41. The fourth-order valence-corrected chi connectivity index (χ4v) is 6.24. The van der Waals surface area contributed by atoms with Crippen molar-refractivity contribution < 1.29 is 31.9 Å². The van der Waals surface area contributed by atoms with Gasteiger partial charge in [-0.1, -0.05) is 70.6 Å². The minimum Gasteiger partial charge on any atom is -0.369 e. The predicted octanol–water partition coefficient (Wildman–Crippen LogP) is 7.02. The SMILES string of the molecule is Nc1nc2c(ncn2CCOCP(=O)(O)OCCCSCCCCCCCCCCCCCCCC(F)(F)F)c(=O)[nH]1. The lowest BCUT2D eigenvalue weighted by Gasteiger charge is -2.13. The molecule has 15 heteroatoms. The molecule has 0 bridgehead atoms. The van der Waals surface area contributed by atoms with Gasteiger partial charge in [0.1, 0.15) is 6.35 Å². The van der Waals surface area contributed by atoms with Crippen molar-refractivity contribution in [3.05, 3.63) is 16.7 Å². The second-order valence-electron chi connectivity index (χ2n) is 10.5. The number of thioether (sulfide) groups is 1. The van der Waals surface area contributed by atoms with Crippen LogP contribution < -0.4 is 11.3 Å². The monoisotopic (exact) mass is 641 g/mol. The first-order chi connectivity index (χ1) is 20.1. The number of unbranched alkanes of at least 4 members (excludes halogenated alkanes) is 12. The van der Waals surface area contributed by atoms with E-state index in [0.29, 0.717) is 18.5 Å². The topological polar surface area (TPSA) is 145 Å². The van der Waals surface area contributed by atoms with Crippen LogP contribution in [0.5, 0.6) is 0 Å². The van der Waals surface area contributed by atoms with Crippen LogP contribution in [0, 0.1) is 0 Å². The summed E-state index contributed by atoms with van der Waals surface area (Å²) in [5.74, 6) is 1.92. The van der Waals surface area contributed by atoms with E-state index in [4.69, 9.17) is 15.0 Å². The van der Waals surface area contributed by atoms with Crippen LogP contribution in [0.3, 0.4) is 0 Å². The minimum absolute atomic E-state index is 0.0178. The third-order valence-corrected chi connectivity index (χ3v) is 8.95. The standard InChI is InChI=1S/C27H47F3N5O5PS/c28-27(29,30)15-12-10-8-6-4-2-1-3-5-7-9-11-13-19-42-20-14-17-40-41(37,38)22-39-18-16-35-21-32-23-24(35)33-26(31)34-25(23)36/h21H,1-20,22H2,(H,37,38)(H3,31,33,34,36). The number of H-pyrrole nitrogens is 1. The first kappa shape index (κ1) is 36.6. The van der Waals surface area contributed by atoms with Crippen molar-refractivity contribution in [2.24, 2.45) is 0 Å². The van der Waals surface area contributed by atoms with Crippen molar-refractivity contribution in [2.75, 3.05) is 36.8 Å². The van der Waals surface area contributed by atoms with Gasteiger partial charge >= 0.3 is 13.8 Å². The maximum Gasteiger partial charge on any atom is 0.389 e. The maximum atomic E-state index is 12.2. The van der Waals surface area contributed by atoms with Gasteiger partial charge in [0, 0.05) is 13.0 Å². The third kappa shape index (κ3) is 16.9. The number of fused-ring (bicyclic) bond motifs is 1. The number of nitrogens with two attached hydrogens (primary N) is 1. The predicted molar refractivity (Wildman–Crippen MR) is 162 cm³/mol. The number of hydrogen-bond acceptors (Lipinski definition) is 8. The minimum atomic E-state index is -4.01. The van der Waals surface area contributed by atoms with E-state index < -0.39 is 32.1 Å². The van der Waals surface area contributed by atoms with Crippen molar-refractivity contribution in [3.8, 4) is 0 Å². The fourth-order valence-electron chi connectivity index (χ4n) is 4.46. The van der Waals surface area contributed by atoms with Crippen LogP contribution in [0.1, 0.15) is 96.3 Å². The van der Waals surface area contributed by atoms with E-state index in [1.165, 1.54) is 51.3 Å². The highest BCUT2D eigenvalue weighted by molar-refractivity contribution is 7.99. The zero-order chi connectivity index (χ0) is 30.7. The summed E-state index contributed by atoms with van der Waals surface area (Å²) in [7, 11) is -3.84. The molecule has 0 spiro atoms. The quantitative estimate of drug-likeness (QED) is 0.0769. The molecule has 0 aliphatic rings. The first-order valence-corrected chi connectivity index (χ1v) is 17.9. The van der Waals surface area contributed by atoms with E-state index in [9.17, 15) is 27.4 Å². The van der Waals surface area contributed by atoms with E-state index >= 15 is 0 Å². The number of alkyl halides is 3. The Balaban J connectivity index is 1.33. The summed E-state index contributed by atoms with van der Waals surface area (Å²) in [6.07, 6.45) is 10.8. The van der Waals surface area contributed by atoms with Gasteiger partial charge in [-0.05, 0) is 30.8 Å². The van der Waals surface area contributed by atoms with Gasteiger partial charge in [-0.2, -0.15) is 29.9 Å².